The third-order valence-electron chi connectivity index (χ3n) is 4.05. The average molecular weight is 309 g/mol. The molecule has 0 fully saturated rings. The maximum atomic E-state index is 12.5. The zero-order valence-electron chi connectivity index (χ0n) is 13.8. The van der Waals surface area contributed by atoms with Gasteiger partial charge in [-0.1, -0.05) is 48.2 Å². The third-order valence-corrected chi connectivity index (χ3v) is 6.89. The van der Waals surface area contributed by atoms with Crippen LogP contribution in [0.3, 0.4) is 0 Å². The van der Waals surface area contributed by atoms with E-state index in [1.807, 2.05) is 55.4 Å². The molecule has 2 aromatic carbocycles. The highest BCUT2D eigenvalue weighted by molar-refractivity contribution is 6.93. The zero-order chi connectivity index (χ0) is 16.3. The van der Waals surface area contributed by atoms with Gasteiger partial charge in [0.25, 0.3) is 0 Å². The van der Waals surface area contributed by atoms with Crippen LogP contribution in [0, 0.1) is 0 Å². The molecule has 0 radical (unpaired) electrons. The van der Waals surface area contributed by atoms with Crippen LogP contribution in [0.5, 0.6) is 0 Å². The lowest BCUT2D eigenvalue weighted by molar-refractivity contribution is 0.103. The van der Waals surface area contributed by atoms with Gasteiger partial charge in [0.1, 0.15) is 8.07 Å². The van der Waals surface area contributed by atoms with E-state index < -0.39 is 8.07 Å². The Balaban J connectivity index is 2.24. The van der Waals surface area contributed by atoms with Crippen molar-refractivity contribution in [2.24, 2.45) is 0 Å². The number of benzene rings is 2. The summed E-state index contributed by atoms with van der Waals surface area (Å²) in [6, 6.07) is 15.7. The van der Waals surface area contributed by atoms with Gasteiger partial charge in [0, 0.05) is 30.9 Å². The van der Waals surface area contributed by atoms with E-state index in [0.29, 0.717) is 0 Å². The summed E-state index contributed by atoms with van der Waals surface area (Å²) < 4.78 is 0. The lowest BCUT2D eigenvalue weighted by atomic mass is 10.0. The van der Waals surface area contributed by atoms with E-state index in [4.69, 9.17) is 0 Å². The number of nitrogens with zero attached hydrogens (tertiary/aromatic N) is 1. The van der Waals surface area contributed by atoms with E-state index >= 15 is 0 Å². The first-order chi connectivity index (χ1) is 10.3. The van der Waals surface area contributed by atoms with Crippen molar-refractivity contribution in [3.63, 3.8) is 0 Å². The molecular formula is C19H23NOSi. The second-order valence-electron chi connectivity index (χ2n) is 6.27. The average Bonchev–Trinajstić information content (AvgIpc) is 2.54. The van der Waals surface area contributed by atoms with Gasteiger partial charge in [0.15, 0.2) is 5.78 Å². The first kappa shape index (κ1) is 16.2. The molecule has 0 spiro atoms. The molecule has 0 saturated carbocycles. The van der Waals surface area contributed by atoms with E-state index in [9.17, 15) is 4.79 Å². The monoisotopic (exact) mass is 309 g/mol. The van der Waals surface area contributed by atoms with Crippen molar-refractivity contribution in [3.05, 3.63) is 71.9 Å². The molecule has 114 valence electrons. The van der Waals surface area contributed by atoms with E-state index in [-0.39, 0.29) is 5.78 Å². The Morgan fingerprint density at radius 1 is 0.955 bits per heavy atom. The molecule has 2 nitrogen and oxygen atoms in total. The Morgan fingerprint density at radius 2 is 1.41 bits per heavy atom. The van der Waals surface area contributed by atoms with Gasteiger partial charge in [0.05, 0.1) is 0 Å². The predicted molar refractivity (Wildman–Crippen MR) is 98.0 cm³/mol. The van der Waals surface area contributed by atoms with Gasteiger partial charge in [-0.3, -0.25) is 4.79 Å². The Morgan fingerprint density at radius 3 is 1.82 bits per heavy atom. The summed E-state index contributed by atoms with van der Waals surface area (Å²) >= 11 is 0. The minimum atomic E-state index is -1.56. The molecule has 2 rings (SSSR count). The Hall–Kier alpha value is -2.13. The van der Waals surface area contributed by atoms with Gasteiger partial charge >= 0.3 is 0 Å². The van der Waals surface area contributed by atoms with Crippen LogP contribution >= 0.6 is 0 Å². The highest BCUT2D eigenvalue weighted by Crippen LogP contribution is 2.16. The summed E-state index contributed by atoms with van der Waals surface area (Å²) in [5.41, 5.74) is 4.60. The van der Waals surface area contributed by atoms with Crippen molar-refractivity contribution in [1.82, 2.24) is 0 Å². The minimum absolute atomic E-state index is 0.0648. The van der Waals surface area contributed by atoms with Gasteiger partial charge in [-0.05, 0) is 24.3 Å². The van der Waals surface area contributed by atoms with Crippen LogP contribution in [0.2, 0.25) is 13.1 Å². The molecule has 22 heavy (non-hydrogen) atoms. The summed E-state index contributed by atoms with van der Waals surface area (Å²) in [7, 11) is 2.41. The Labute approximate surface area is 134 Å². The Bertz CT molecular complexity index is 670. The molecule has 0 amide bonds. The maximum absolute atomic E-state index is 12.5. The summed E-state index contributed by atoms with van der Waals surface area (Å²) in [6.07, 6.45) is 0. The fourth-order valence-corrected chi connectivity index (χ4v) is 3.51. The van der Waals surface area contributed by atoms with E-state index in [2.05, 4.69) is 37.5 Å². The van der Waals surface area contributed by atoms with Crippen LogP contribution in [0.4, 0.5) is 5.69 Å². The third kappa shape index (κ3) is 3.36. The molecule has 0 N–H and O–H groups in total. The molecule has 0 aromatic heterocycles. The fraction of sp³-hybridized carbons (Fsp3) is 0.211. The second-order valence-corrected chi connectivity index (χ2v) is 10.7. The SMILES string of the molecule is C=C[Si](C)(C)c1ccc(C(=O)c2ccc(N(C)C)cc2)cc1. The first-order valence-electron chi connectivity index (χ1n) is 7.41. The van der Waals surface area contributed by atoms with Crippen molar-refractivity contribution >= 4 is 24.7 Å². The number of hydrogen-bond acceptors (Lipinski definition) is 2. The van der Waals surface area contributed by atoms with Gasteiger partial charge in [-0.25, -0.2) is 0 Å². The number of ketones is 1. The highest BCUT2D eigenvalue weighted by atomic mass is 28.3. The van der Waals surface area contributed by atoms with Crippen LogP contribution < -0.4 is 10.1 Å². The fourth-order valence-electron chi connectivity index (χ4n) is 2.25. The zero-order valence-corrected chi connectivity index (χ0v) is 14.8. The van der Waals surface area contributed by atoms with Crippen LogP contribution in [0.1, 0.15) is 15.9 Å². The minimum Gasteiger partial charge on any atom is -0.378 e. The number of carbonyl (C=O) groups is 1. The normalized spacial score (nSPS) is 11.1. The van der Waals surface area contributed by atoms with Gasteiger partial charge in [-0.15, -0.1) is 6.58 Å². The largest absolute Gasteiger partial charge is 0.378 e. The molecule has 0 unspecified atom stereocenters. The molecule has 3 heteroatoms. The molecule has 0 heterocycles. The second kappa shape index (κ2) is 6.32. The molecule has 0 aliphatic rings. The number of hydrogen-bond donors (Lipinski definition) is 0. The van der Waals surface area contributed by atoms with E-state index in [1.165, 1.54) is 5.19 Å². The van der Waals surface area contributed by atoms with E-state index in [1.54, 1.807) is 0 Å². The van der Waals surface area contributed by atoms with Crippen molar-refractivity contribution in [1.29, 1.82) is 0 Å². The number of anilines is 1. The molecule has 0 saturated heterocycles. The number of carbonyl (C=O) groups excluding carboxylic acids is 1. The Kier molecular flexibility index (Phi) is 4.67. The quantitative estimate of drug-likeness (QED) is 0.621. The predicted octanol–water partition coefficient (Wildman–Crippen LogP) is 3.62. The van der Waals surface area contributed by atoms with Gasteiger partial charge in [-0.2, -0.15) is 0 Å². The van der Waals surface area contributed by atoms with Gasteiger partial charge in [0.2, 0.25) is 0 Å². The standard InChI is InChI=1S/C19H23NOSi/c1-6-22(4,5)18-13-9-16(10-14-18)19(21)15-7-11-17(12-8-15)20(2)3/h6-14H,1H2,2-5H3. The first-order valence-corrected chi connectivity index (χ1v) is 10.5. The topological polar surface area (TPSA) is 20.3 Å². The van der Waals surface area contributed by atoms with E-state index in [0.717, 1.165) is 16.8 Å². The molecular weight excluding hydrogens is 286 g/mol. The molecule has 0 atom stereocenters. The maximum Gasteiger partial charge on any atom is 0.193 e. The summed E-state index contributed by atoms with van der Waals surface area (Å²) in [4.78, 5) is 14.6. The molecule has 0 aliphatic carbocycles. The number of rotatable bonds is 5. The smallest absolute Gasteiger partial charge is 0.193 e. The van der Waals surface area contributed by atoms with Crippen LogP contribution in [0.15, 0.2) is 60.8 Å². The summed E-state index contributed by atoms with van der Waals surface area (Å²) in [6.45, 7) is 8.42. The van der Waals surface area contributed by atoms with Crippen LogP contribution in [-0.4, -0.2) is 28.0 Å². The highest BCUT2D eigenvalue weighted by Gasteiger charge is 2.19. The summed E-state index contributed by atoms with van der Waals surface area (Å²) in [5.74, 6) is 0.0648. The van der Waals surface area contributed by atoms with Crippen molar-refractivity contribution in [2.45, 2.75) is 13.1 Å². The molecule has 0 aliphatic heterocycles. The van der Waals surface area contributed by atoms with Crippen molar-refractivity contribution in [2.75, 3.05) is 19.0 Å². The molecule has 2 aromatic rings. The van der Waals surface area contributed by atoms with Crippen molar-refractivity contribution in [3.8, 4) is 0 Å². The van der Waals surface area contributed by atoms with Crippen molar-refractivity contribution < 1.29 is 4.79 Å². The van der Waals surface area contributed by atoms with Gasteiger partial charge < -0.3 is 4.90 Å². The molecule has 0 bridgehead atoms. The lowest BCUT2D eigenvalue weighted by Crippen LogP contribution is -2.39. The van der Waals surface area contributed by atoms with Crippen LogP contribution in [-0.2, 0) is 0 Å². The lowest BCUT2D eigenvalue weighted by Gasteiger charge is -2.18. The summed E-state index contributed by atoms with van der Waals surface area (Å²) in [5, 5.41) is 1.29. The van der Waals surface area contributed by atoms with Crippen LogP contribution in [0.25, 0.3) is 0 Å².